The lowest BCUT2D eigenvalue weighted by atomic mass is 10.1. The zero-order chi connectivity index (χ0) is 18.3. The van der Waals surface area contributed by atoms with Crippen LogP contribution in [0.5, 0.6) is 0 Å². The summed E-state index contributed by atoms with van der Waals surface area (Å²) in [6.45, 7) is 6.47. The summed E-state index contributed by atoms with van der Waals surface area (Å²) in [5.74, 6) is 0.364. The molecule has 0 amide bonds. The highest BCUT2D eigenvalue weighted by Crippen LogP contribution is 2.29. The number of aryl methyl sites for hydroxylation is 2. The Balaban J connectivity index is 1.46. The molecule has 1 aromatic heterocycles. The van der Waals surface area contributed by atoms with Crippen molar-refractivity contribution >= 4 is 26.5 Å². The number of anilines is 1. The van der Waals surface area contributed by atoms with E-state index in [9.17, 15) is 8.42 Å². The normalized spacial score (nSPS) is 18.5. The van der Waals surface area contributed by atoms with Crippen LogP contribution in [-0.2, 0) is 22.9 Å². The van der Waals surface area contributed by atoms with Crippen molar-refractivity contribution in [3.63, 3.8) is 0 Å². The molecule has 6 nitrogen and oxygen atoms in total. The lowest BCUT2D eigenvalue weighted by Crippen LogP contribution is -2.48. The fourth-order valence-electron chi connectivity index (χ4n) is 3.56. The van der Waals surface area contributed by atoms with Gasteiger partial charge in [-0.2, -0.15) is 4.31 Å². The zero-order valence-electron chi connectivity index (χ0n) is 15.2. The summed E-state index contributed by atoms with van der Waals surface area (Å²) >= 11 is 1.60. The summed E-state index contributed by atoms with van der Waals surface area (Å²) < 4.78 is 27.6. The summed E-state index contributed by atoms with van der Waals surface area (Å²) in [5.41, 5.74) is 2.49. The molecule has 0 saturated carbocycles. The van der Waals surface area contributed by atoms with Crippen LogP contribution in [0, 0.1) is 0 Å². The molecule has 0 atom stereocenters. The van der Waals surface area contributed by atoms with Crippen LogP contribution in [-0.4, -0.2) is 49.1 Å². The molecule has 0 bridgehead atoms. The Hall–Kier alpha value is -1.51. The number of sulfonamides is 1. The second-order valence-electron chi connectivity index (χ2n) is 7.25. The average molecular weight is 393 g/mol. The van der Waals surface area contributed by atoms with Gasteiger partial charge in [-0.25, -0.2) is 8.42 Å². The molecule has 2 aliphatic rings. The highest BCUT2D eigenvalue weighted by Gasteiger charge is 2.30. The molecule has 0 unspecified atom stereocenters. The number of benzene rings is 1. The van der Waals surface area contributed by atoms with Crippen molar-refractivity contribution in [1.29, 1.82) is 0 Å². The van der Waals surface area contributed by atoms with E-state index >= 15 is 0 Å². The van der Waals surface area contributed by atoms with E-state index in [2.05, 4.69) is 28.9 Å². The topological polar surface area (TPSA) is 66.4 Å². The van der Waals surface area contributed by atoms with E-state index in [0.29, 0.717) is 37.0 Å². The Labute approximate surface area is 158 Å². The Morgan fingerprint density at radius 2 is 1.77 bits per heavy atom. The second-order valence-corrected chi connectivity index (χ2v) is 10.2. The average Bonchev–Trinajstić information content (AvgIpc) is 3.30. The predicted octanol–water partition coefficient (Wildman–Crippen LogP) is 2.66. The fraction of sp³-hybridized carbons (Fsp3) is 0.556. The second kappa shape index (κ2) is 6.90. The van der Waals surface area contributed by atoms with Crippen molar-refractivity contribution in [2.24, 2.45) is 0 Å². The first kappa shape index (κ1) is 17.9. The first-order valence-electron chi connectivity index (χ1n) is 9.15. The maximum atomic E-state index is 13.0. The molecule has 1 aliphatic carbocycles. The molecule has 1 aliphatic heterocycles. The number of hydrogen-bond donors (Lipinski definition) is 0. The molecule has 0 N–H and O–H groups in total. The van der Waals surface area contributed by atoms with Gasteiger partial charge in [0.05, 0.1) is 4.90 Å². The molecular formula is C18H24N4O2S2. The molecule has 2 aromatic rings. The van der Waals surface area contributed by atoms with Gasteiger partial charge in [-0.1, -0.05) is 31.3 Å². The molecule has 2 heterocycles. The molecule has 8 heteroatoms. The van der Waals surface area contributed by atoms with E-state index in [1.807, 2.05) is 12.1 Å². The van der Waals surface area contributed by atoms with E-state index in [1.54, 1.807) is 21.7 Å². The van der Waals surface area contributed by atoms with Gasteiger partial charge in [-0.15, -0.1) is 10.2 Å². The lowest BCUT2D eigenvalue weighted by Gasteiger charge is -2.33. The van der Waals surface area contributed by atoms with Gasteiger partial charge in [-0.3, -0.25) is 0 Å². The van der Waals surface area contributed by atoms with E-state index in [-0.39, 0.29) is 0 Å². The van der Waals surface area contributed by atoms with Gasteiger partial charge >= 0.3 is 0 Å². The summed E-state index contributed by atoms with van der Waals surface area (Å²) in [6, 6.07) is 5.63. The highest BCUT2D eigenvalue weighted by atomic mass is 32.2. The number of hydrogen-bond acceptors (Lipinski definition) is 6. The summed E-state index contributed by atoms with van der Waals surface area (Å²) in [5, 5.41) is 10.4. The van der Waals surface area contributed by atoms with Crippen molar-refractivity contribution in [2.75, 3.05) is 31.1 Å². The van der Waals surface area contributed by atoms with Crippen molar-refractivity contribution in [1.82, 2.24) is 14.5 Å². The minimum atomic E-state index is -3.42. The van der Waals surface area contributed by atoms with Crippen molar-refractivity contribution in [2.45, 2.75) is 43.9 Å². The molecule has 1 saturated heterocycles. The molecule has 1 aromatic carbocycles. The Kier molecular flexibility index (Phi) is 4.75. The van der Waals surface area contributed by atoms with Gasteiger partial charge in [-0.05, 0) is 42.5 Å². The number of aromatic nitrogens is 2. The van der Waals surface area contributed by atoms with Crippen LogP contribution in [0.3, 0.4) is 0 Å². The zero-order valence-corrected chi connectivity index (χ0v) is 16.8. The Bertz CT molecular complexity index is 900. The van der Waals surface area contributed by atoms with Gasteiger partial charge in [0.1, 0.15) is 5.01 Å². The fourth-order valence-corrected chi connectivity index (χ4v) is 5.94. The number of rotatable bonds is 4. The largest absolute Gasteiger partial charge is 0.344 e. The third-order valence-electron chi connectivity index (χ3n) is 5.14. The molecular weight excluding hydrogens is 368 g/mol. The molecule has 4 rings (SSSR count). The first-order valence-corrected chi connectivity index (χ1v) is 11.4. The van der Waals surface area contributed by atoms with Crippen LogP contribution >= 0.6 is 11.3 Å². The third-order valence-corrected chi connectivity index (χ3v) is 8.32. The molecule has 1 fully saturated rings. The smallest absolute Gasteiger partial charge is 0.243 e. The lowest BCUT2D eigenvalue weighted by molar-refractivity contribution is 0.384. The Morgan fingerprint density at radius 3 is 2.46 bits per heavy atom. The summed E-state index contributed by atoms with van der Waals surface area (Å²) in [7, 11) is -3.42. The van der Waals surface area contributed by atoms with Crippen LogP contribution in [0.15, 0.2) is 23.1 Å². The maximum Gasteiger partial charge on any atom is 0.243 e. The number of nitrogens with zero attached hydrogens (tertiary/aromatic N) is 4. The monoisotopic (exact) mass is 392 g/mol. The van der Waals surface area contributed by atoms with Gasteiger partial charge in [0.15, 0.2) is 0 Å². The quantitative estimate of drug-likeness (QED) is 0.800. The molecule has 26 heavy (non-hydrogen) atoms. The van der Waals surface area contributed by atoms with Crippen LogP contribution in [0.25, 0.3) is 0 Å². The van der Waals surface area contributed by atoms with Gasteiger partial charge in [0.2, 0.25) is 15.2 Å². The van der Waals surface area contributed by atoms with Gasteiger partial charge < -0.3 is 4.90 Å². The van der Waals surface area contributed by atoms with E-state index in [0.717, 1.165) is 29.4 Å². The molecule has 0 radical (unpaired) electrons. The summed E-state index contributed by atoms with van der Waals surface area (Å²) in [6.07, 6.45) is 3.17. The van der Waals surface area contributed by atoms with Crippen molar-refractivity contribution in [3.05, 3.63) is 34.3 Å². The minimum absolute atomic E-state index is 0.364. The number of piperazine rings is 1. The van der Waals surface area contributed by atoms with E-state index < -0.39 is 10.0 Å². The van der Waals surface area contributed by atoms with Gasteiger partial charge in [0, 0.05) is 32.1 Å². The predicted molar refractivity (Wildman–Crippen MR) is 103 cm³/mol. The molecule has 0 spiro atoms. The van der Waals surface area contributed by atoms with Crippen molar-refractivity contribution < 1.29 is 8.42 Å². The third kappa shape index (κ3) is 3.25. The van der Waals surface area contributed by atoms with E-state index in [4.69, 9.17) is 0 Å². The van der Waals surface area contributed by atoms with E-state index in [1.165, 1.54) is 11.1 Å². The SMILES string of the molecule is CC(C)c1nnc(N2CCN(S(=O)(=O)c3ccc4c(c3)CCC4)CC2)s1. The highest BCUT2D eigenvalue weighted by molar-refractivity contribution is 7.89. The van der Waals surface area contributed by atoms with Crippen LogP contribution < -0.4 is 4.90 Å². The summed E-state index contributed by atoms with van der Waals surface area (Å²) in [4.78, 5) is 2.57. The van der Waals surface area contributed by atoms with Crippen LogP contribution in [0.2, 0.25) is 0 Å². The van der Waals surface area contributed by atoms with Crippen LogP contribution in [0.4, 0.5) is 5.13 Å². The molecule has 140 valence electrons. The maximum absolute atomic E-state index is 13.0. The van der Waals surface area contributed by atoms with Gasteiger partial charge in [0.25, 0.3) is 0 Å². The minimum Gasteiger partial charge on any atom is -0.344 e. The number of fused-ring (bicyclic) bond motifs is 1. The first-order chi connectivity index (χ1) is 12.4. The van der Waals surface area contributed by atoms with Crippen LogP contribution in [0.1, 0.15) is 42.3 Å². The standard InChI is InChI=1S/C18H24N4O2S2/c1-13(2)17-19-20-18(25-17)21-8-10-22(11-9-21)26(23,24)16-7-6-14-4-3-5-15(14)12-16/h6-7,12-13H,3-5,8-11H2,1-2H3. The van der Waals surface area contributed by atoms with Crippen molar-refractivity contribution in [3.8, 4) is 0 Å². The Morgan fingerprint density at radius 1 is 1.04 bits per heavy atom.